The number of hydrogen-bond donors (Lipinski definition) is 0. The zero-order valence-electron chi connectivity index (χ0n) is 14.2. The number of benzene rings is 1. The van der Waals surface area contributed by atoms with Gasteiger partial charge in [-0.2, -0.15) is 0 Å². The second-order valence-corrected chi connectivity index (χ2v) is 7.25. The van der Waals surface area contributed by atoms with Gasteiger partial charge in [0.25, 0.3) is 0 Å². The monoisotopic (exact) mass is 360 g/mol. The zero-order chi connectivity index (χ0) is 17.8. The quantitative estimate of drug-likeness (QED) is 0.841. The molecule has 0 spiro atoms. The van der Waals surface area contributed by atoms with Crippen LogP contribution in [0.1, 0.15) is 23.3 Å². The SMILES string of the molecule is CC(=O)N1CCN(C(=O)C(Cc2cccs2)c2ccc(F)cc2)CC1. The minimum atomic E-state index is -0.330. The van der Waals surface area contributed by atoms with Crippen molar-refractivity contribution in [2.24, 2.45) is 0 Å². The molecule has 1 atom stereocenters. The van der Waals surface area contributed by atoms with E-state index in [1.165, 1.54) is 12.1 Å². The maximum atomic E-state index is 13.3. The third kappa shape index (κ3) is 4.25. The van der Waals surface area contributed by atoms with E-state index in [1.54, 1.807) is 35.3 Å². The molecule has 0 saturated carbocycles. The third-order valence-corrected chi connectivity index (χ3v) is 5.49. The van der Waals surface area contributed by atoms with Crippen molar-refractivity contribution in [3.63, 3.8) is 0 Å². The molecule has 3 rings (SSSR count). The lowest BCUT2D eigenvalue weighted by Gasteiger charge is -2.36. The van der Waals surface area contributed by atoms with Crippen LogP contribution in [-0.2, 0) is 16.0 Å². The van der Waals surface area contributed by atoms with Crippen molar-refractivity contribution in [3.05, 3.63) is 58.0 Å². The Morgan fingerprint density at radius 1 is 1.08 bits per heavy atom. The highest BCUT2D eigenvalue weighted by Crippen LogP contribution is 2.26. The molecular formula is C19H21FN2O2S. The van der Waals surface area contributed by atoms with Crippen molar-refractivity contribution in [3.8, 4) is 0 Å². The van der Waals surface area contributed by atoms with Gasteiger partial charge in [0.15, 0.2) is 0 Å². The first-order valence-corrected chi connectivity index (χ1v) is 9.24. The molecular weight excluding hydrogens is 339 g/mol. The summed E-state index contributed by atoms with van der Waals surface area (Å²) in [5.74, 6) is -0.548. The molecule has 1 saturated heterocycles. The third-order valence-electron chi connectivity index (χ3n) is 4.59. The number of thiophene rings is 1. The van der Waals surface area contributed by atoms with Gasteiger partial charge in [0.05, 0.1) is 5.92 Å². The normalized spacial score (nSPS) is 15.9. The largest absolute Gasteiger partial charge is 0.339 e. The summed E-state index contributed by atoms with van der Waals surface area (Å²) in [6.45, 7) is 3.77. The Morgan fingerprint density at radius 2 is 1.72 bits per heavy atom. The van der Waals surface area contributed by atoms with E-state index in [0.29, 0.717) is 32.6 Å². The fourth-order valence-corrected chi connectivity index (χ4v) is 3.89. The van der Waals surface area contributed by atoms with Crippen LogP contribution in [0.4, 0.5) is 4.39 Å². The number of amides is 2. The van der Waals surface area contributed by atoms with Crippen molar-refractivity contribution in [2.45, 2.75) is 19.3 Å². The Balaban J connectivity index is 1.77. The first-order valence-electron chi connectivity index (χ1n) is 8.37. The highest BCUT2D eigenvalue weighted by atomic mass is 32.1. The minimum absolute atomic E-state index is 0.0424. The maximum absolute atomic E-state index is 13.3. The number of halogens is 1. The molecule has 1 aliphatic rings. The van der Waals surface area contributed by atoms with Crippen LogP contribution in [-0.4, -0.2) is 47.8 Å². The Morgan fingerprint density at radius 3 is 2.28 bits per heavy atom. The van der Waals surface area contributed by atoms with E-state index >= 15 is 0 Å². The van der Waals surface area contributed by atoms with Gasteiger partial charge < -0.3 is 9.80 Å². The molecule has 1 aliphatic heterocycles. The van der Waals surface area contributed by atoms with Gasteiger partial charge in [-0.15, -0.1) is 11.3 Å². The molecule has 2 heterocycles. The topological polar surface area (TPSA) is 40.6 Å². The summed E-state index contributed by atoms with van der Waals surface area (Å²) in [6, 6.07) is 10.2. The smallest absolute Gasteiger partial charge is 0.230 e. The molecule has 0 radical (unpaired) electrons. The number of carbonyl (C=O) groups excluding carboxylic acids is 2. The van der Waals surface area contributed by atoms with Gasteiger partial charge in [0.1, 0.15) is 5.82 Å². The highest BCUT2D eigenvalue weighted by Gasteiger charge is 2.29. The lowest BCUT2D eigenvalue weighted by Crippen LogP contribution is -2.51. The van der Waals surface area contributed by atoms with Gasteiger partial charge >= 0.3 is 0 Å². The van der Waals surface area contributed by atoms with Crippen LogP contribution in [0, 0.1) is 5.82 Å². The maximum Gasteiger partial charge on any atom is 0.230 e. The van der Waals surface area contributed by atoms with Gasteiger partial charge in [-0.3, -0.25) is 9.59 Å². The van der Waals surface area contributed by atoms with E-state index < -0.39 is 0 Å². The Labute approximate surface area is 150 Å². The number of carbonyl (C=O) groups is 2. The van der Waals surface area contributed by atoms with E-state index in [9.17, 15) is 14.0 Å². The fraction of sp³-hybridized carbons (Fsp3) is 0.368. The van der Waals surface area contributed by atoms with E-state index in [0.717, 1.165) is 10.4 Å². The molecule has 0 bridgehead atoms. The first kappa shape index (κ1) is 17.6. The molecule has 4 nitrogen and oxygen atoms in total. The molecule has 1 aromatic heterocycles. The lowest BCUT2D eigenvalue weighted by molar-refractivity contribution is -0.139. The van der Waals surface area contributed by atoms with Crippen LogP contribution < -0.4 is 0 Å². The average Bonchev–Trinajstić information content (AvgIpc) is 3.13. The van der Waals surface area contributed by atoms with Crippen molar-refractivity contribution in [1.29, 1.82) is 0 Å². The van der Waals surface area contributed by atoms with E-state index in [-0.39, 0.29) is 23.5 Å². The predicted octanol–water partition coefficient (Wildman–Crippen LogP) is 2.90. The predicted molar refractivity (Wildman–Crippen MR) is 96.0 cm³/mol. The second kappa shape index (κ2) is 7.78. The van der Waals surface area contributed by atoms with Gasteiger partial charge in [-0.1, -0.05) is 18.2 Å². The zero-order valence-corrected chi connectivity index (χ0v) is 15.0. The van der Waals surface area contributed by atoms with Crippen LogP contribution in [0.15, 0.2) is 41.8 Å². The van der Waals surface area contributed by atoms with E-state index in [2.05, 4.69) is 0 Å². The standard InChI is InChI=1S/C19H21FN2O2S/c1-14(23)21-8-10-22(11-9-21)19(24)18(13-17-3-2-12-25-17)15-4-6-16(20)7-5-15/h2-7,12,18H,8-11,13H2,1H3. The highest BCUT2D eigenvalue weighted by molar-refractivity contribution is 7.09. The second-order valence-electron chi connectivity index (χ2n) is 6.22. The number of rotatable bonds is 4. The summed E-state index contributed by atoms with van der Waals surface area (Å²) >= 11 is 1.62. The number of nitrogens with zero attached hydrogens (tertiary/aromatic N) is 2. The van der Waals surface area contributed by atoms with Crippen LogP contribution in [0.5, 0.6) is 0 Å². The summed E-state index contributed by atoms with van der Waals surface area (Å²) in [5, 5.41) is 1.99. The molecule has 0 N–H and O–H groups in total. The molecule has 1 unspecified atom stereocenters. The van der Waals surface area contributed by atoms with Crippen LogP contribution >= 0.6 is 11.3 Å². The van der Waals surface area contributed by atoms with Crippen molar-refractivity contribution >= 4 is 23.2 Å². The lowest BCUT2D eigenvalue weighted by atomic mass is 9.93. The molecule has 2 aromatic rings. The van der Waals surface area contributed by atoms with Crippen LogP contribution in [0.3, 0.4) is 0 Å². The van der Waals surface area contributed by atoms with Gasteiger partial charge in [-0.05, 0) is 35.6 Å². The summed E-state index contributed by atoms with van der Waals surface area (Å²) in [7, 11) is 0. The van der Waals surface area contributed by atoms with Crippen LogP contribution in [0.25, 0.3) is 0 Å². The van der Waals surface area contributed by atoms with Gasteiger partial charge in [0.2, 0.25) is 11.8 Å². The first-order chi connectivity index (χ1) is 12.0. The fourth-order valence-electron chi connectivity index (χ4n) is 3.13. The molecule has 1 aromatic carbocycles. The molecule has 25 heavy (non-hydrogen) atoms. The molecule has 1 fully saturated rings. The molecule has 2 amide bonds. The summed E-state index contributed by atoms with van der Waals surface area (Å²) < 4.78 is 13.3. The molecule has 6 heteroatoms. The van der Waals surface area contributed by atoms with E-state index in [1.807, 2.05) is 22.4 Å². The van der Waals surface area contributed by atoms with Crippen molar-refractivity contribution in [2.75, 3.05) is 26.2 Å². The Bertz CT molecular complexity index is 722. The van der Waals surface area contributed by atoms with Gasteiger partial charge in [0, 0.05) is 38.0 Å². The number of piperazine rings is 1. The van der Waals surface area contributed by atoms with Crippen molar-refractivity contribution in [1.82, 2.24) is 9.80 Å². The molecule has 0 aliphatic carbocycles. The summed E-state index contributed by atoms with van der Waals surface area (Å²) in [5.41, 5.74) is 0.828. The Kier molecular flexibility index (Phi) is 5.48. The van der Waals surface area contributed by atoms with Crippen LogP contribution in [0.2, 0.25) is 0 Å². The minimum Gasteiger partial charge on any atom is -0.339 e. The summed E-state index contributed by atoms with van der Waals surface area (Å²) in [6.07, 6.45) is 0.606. The number of hydrogen-bond acceptors (Lipinski definition) is 3. The van der Waals surface area contributed by atoms with Crippen molar-refractivity contribution < 1.29 is 14.0 Å². The average molecular weight is 360 g/mol. The Hall–Kier alpha value is -2.21. The van der Waals surface area contributed by atoms with Gasteiger partial charge in [-0.25, -0.2) is 4.39 Å². The molecule has 132 valence electrons. The summed E-state index contributed by atoms with van der Waals surface area (Å²) in [4.78, 5) is 29.3. The van der Waals surface area contributed by atoms with E-state index in [4.69, 9.17) is 0 Å².